The van der Waals surface area contributed by atoms with E-state index in [9.17, 15) is 0 Å². The maximum atomic E-state index is 8.46. The number of rotatable bonds is 8. The van der Waals surface area contributed by atoms with Crippen molar-refractivity contribution in [3.05, 3.63) is 0 Å². The molecule has 0 aromatic rings. The molecule has 0 atom stereocenters. The molecule has 0 aliphatic rings. The van der Waals surface area contributed by atoms with Gasteiger partial charge in [-0.15, -0.1) is 0 Å². The van der Waals surface area contributed by atoms with Crippen LogP contribution in [-0.2, 0) is 4.74 Å². The third kappa shape index (κ3) is 9.88. The lowest BCUT2D eigenvalue weighted by molar-refractivity contribution is 0.131. The van der Waals surface area contributed by atoms with Crippen molar-refractivity contribution < 1.29 is 9.84 Å². The maximum Gasteiger partial charge on any atom is 0.0590 e. The van der Waals surface area contributed by atoms with Crippen LogP contribution >= 0.6 is 0 Å². The Balaban J connectivity index is 2.69. The van der Waals surface area contributed by atoms with E-state index < -0.39 is 0 Å². The second-order valence-corrected chi connectivity index (χ2v) is 2.50. The molecule has 3 heteroatoms. The lowest BCUT2D eigenvalue weighted by Gasteiger charge is -2.02. The second-order valence-electron chi connectivity index (χ2n) is 2.50. The van der Waals surface area contributed by atoms with E-state index >= 15 is 0 Å². The van der Waals surface area contributed by atoms with E-state index in [2.05, 4.69) is 5.32 Å². The van der Waals surface area contributed by atoms with Crippen LogP contribution in [0.15, 0.2) is 0 Å². The molecule has 0 unspecified atom stereocenters. The van der Waals surface area contributed by atoms with Gasteiger partial charge < -0.3 is 15.2 Å². The SMILES string of the molecule is CNCCOCCCCCO. The number of likely N-dealkylation sites (N-methyl/N-ethyl adjacent to an activating group) is 1. The molecule has 0 saturated heterocycles. The fourth-order valence-electron chi connectivity index (χ4n) is 0.769. The zero-order valence-corrected chi connectivity index (χ0v) is 7.31. The molecular formula is C8H19NO2. The highest BCUT2D eigenvalue weighted by molar-refractivity contribution is 4.40. The van der Waals surface area contributed by atoms with E-state index in [-0.39, 0.29) is 0 Å². The molecule has 68 valence electrons. The smallest absolute Gasteiger partial charge is 0.0590 e. The van der Waals surface area contributed by atoms with Crippen molar-refractivity contribution >= 4 is 0 Å². The number of unbranched alkanes of at least 4 members (excludes halogenated alkanes) is 2. The summed E-state index contributed by atoms with van der Waals surface area (Å²) in [4.78, 5) is 0. The van der Waals surface area contributed by atoms with E-state index in [1.807, 2.05) is 7.05 Å². The fourth-order valence-corrected chi connectivity index (χ4v) is 0.769. The Morgan fingerprint density at radius 1 is 1.18 bits per heavy atom. The largest absolute Gasteiger partial charge is 0.396 e. The second kappa shape index (κ2) is 9.88. The molecule has 0 radical (unpaired) electrons. The molecule has 0 aromatic carbocycles. The minimum absolute atomic E-state index is 0.302. The normalized spacial score (nSPS) is 10.4. The fraction of sp³-hybridized carbons (Fsp3) is 1.00. The topological polar surface area (TPSA) is 41.5 Å². The Kier molecular flexibility index (Phi) is 9.77. The lowest BCUT2D eigenvalue weighted by atomic mass is 10.2. The van der Waals surface area contributed by atoms with Crippen LogP contribution in [0.4, 0.5) is 0 Å². The molecule has 0 aromatic heterocycles. The molecule has 0 bridgehead atoms. The predicted molar refractivity (Wildman–Crippen MR) is 45.7 cm³/mol. The Bertz CT molecular complexity index is 61.1. The highest BCUT2D eigenvalue weighted by atomic mass is 16.5. The minimum atomic E-state index is 0.302. The Morgan fingerprint density at radius 3 is 2.64 bits per heavy atom. The molecule has 0 saturated carbocycles. The zero-order valence-electron chi connectivity index (χ0n) is 7.31. The van der Waals surface area contributed by atoms with E-state index in [0.717, 1.165) is 39.0 Å². The molecule has 0 fully saturated rings. The Hall–Kier alpha value is -0.120. The first-order valence-electron chi connectivity index (χ1n) is 4.25. The van der Waals surface area contributed by atoms with Gasteiger partial charge in [0, 0.05) is 19.8 Å². The van der Waals surface area contributed by atoms with Crippen LogP contribution in [-0.4, -0.2) is 38.5 Å². The minimum Gasteiger partial charge on any atom is -0.396 e. The van der Waals surface area contributed by atoms with Gasteiger partial charge in [-0.1, -0.05) is 0 Å². The standard InChI is InChI=1S/C8H19NO2/c1-9-5-8-11-7-4-2-3-6-10/h9-10H,2-8H2,1H3. The van der Waals surface area contributed by atoms with Crippen LogP contribution in [0.1, 0.15) is 19.3 Å². The maximum absolute atomic E-state index is 8.46. The van der Waals surface area contributed by atoms with Crippen molar-refractivity contribution in [3.63, 3.8) is 0 Å². The highest BCUT2D eigenvalue weighted by Crippen LogP contribution is 1.93. The van der Waals surface area contributed by atoms with Crippen LogP contribution in [0, 0.1) is 0 Å². The molecular weight excluding hydrogens is 142 g/mol. The number of hydrogen-bond acceptors (Lipinski definition) is 3. The van der Waals surface area contributed by atoms with E-state index in [4.69, 9.17) is 9.84 Å². The number of aliphatic hydroxyl groups excluding tert-OH is 1. The van der Waals surface area contributed by atoms with Gasteiger partial charge in [-0.25, -0.2) is 0 Å². The van der Waals surface area contributed by atoms with Gasteiger partial charge in [-0.3, -0.25) is 0 Å². The highest BCUT2D eigenvalue weighted by Gasteiger charge is 1.88. The molecule has 0 spiro atoms. The quantitative estimate of drug-likeness (QED) is 0.506. The summed E-state index contributed by atoms with van der Waals surface area (Å²) in [5.41, 5.74) is 0. The summed E-state index contributed by atoms with van der Waals surface area (Å²) in [6, 6.07) is 0. The Morgan fingerprint density at radius 2 is 2.00 bits per heavy atom. The van der Waals surface area contributed by atoms with Gasteiger partial charge in [-0.05, 0) is 26.3 Å². The van der Waals surface area contributed by atoms with Gasteiger partial charge in [0.1, 0.15) is 0 Å². The predicted octanol–water partition coefficient (Wildman–Crippen LogP) is 0.385. The summed E-state index contributed by atoms with van der Waals surface area (Å²) in [5, 5.41) is 11.5. The van der Waals surface area contributed by atoms with E-state index in [0.29, 0.717) is 6.61 Å². The first-order chi connectivity index (χ1) is 5.41. The molecule has 3 nitrogen and oxygen atoms in total. The number of nitrogens with one attached hydrogen (secondary N) is 1. The first kappa shape index (κ1) is 10.9. The summed E-state index contributed by atoms with van der Waals surface area (Å²) >= 11 is 0. The molecule has 0 rings (SSSR count). The molecule has 0 heterocycles. The number of ether oxygens (including phenoxy) is 1. The molecule has 0 aliphatic carbocycles. The van der Waals surface area contributed by atoms with Crippen LogP contribution in [0.2, 0.25) is 0 Å². The van der Waals surface area contributed by atoms with Crippen molar-refractivity contribution in [1.82, 2.24) is 5.32 Å². The third-order valence-electron chi connectivity index (χ3n) is 1.44. The molecule has 0 amide bonds. The molecule has 11 heavy (non-hydrogen) atoms. The summed E-state index contributed by atoms with van der Waals surface area (Å²) in [7, 11) is 1.91. The summed E-state index contributed by atoms with van der Waals surface area (Å²) in [6.45, 7) is 2.83. The van der Waals surface area contributed by atoms with Crippen molar-refractivity contribution in [3.8, 4) is 0 Å². The first-order valence-corrected chi connectivity index (χ1v) is 4.25. The van der Waals surface area contributed by atoms with Crippen LogP contribution < -0.4 is 5.32 Å². The van der Waals surface area contributed by atoms with Crippen molar-refractivity contribution in [2.75, 3.05) is 33.4 Å². The zero-order chi connectivity index (χ0) is 8.36. The third-order valence-corrected chi connectivity index (χ3v) is 1.44. The molecule has 2 N–H and O–H groups in total. The van der Waals surface area contributed by atoms with Crippen molar-refractivity contribution in [2.24, 2.45) is 0 Å². The average Bonchev–Trinajstić information content (AvgIpc) is 2.03. The van der Waals surface area contributed by atoms with E-state index in [1.165, 1.54) is 0 Å². The van der Waals surface area contributed by atoms with Gasteiger partial charge >= 0.3 is 0 Å². The van der Waals surface area contributed by atoms with Crippen molar-refractivity contribution in [1.29, 1.82) is 0 Å². The van der Waals surface area contributed by atoms with Crippen LogP contribution in [0.25, 0.3) is 0 Å². The van der Waals surface area contributed by atoms with Gasteiger partial charge in [-0.2, -0.15) is 0 Å². The van der Waals surface area contributed by atoms with Crippen LogP contribution in [0.3, 0.4) is 0 Å². The van der Waals surface area contributed by atoms with Gasteiger partial charge in [0.05, 0.1) is 6.61 Å². The average molecular weight is 161 g/mol. The summed E-state index contributed by atoms with van der Waals surface area (Å²) in [6.07, 6.45) is 3.02. The monoisotopic (exact) mass is 161 g/mol. The van der Waals surface area contributed by atoms with Crippen LogP contribution in [0.5, 0.6) is 0 Å². The summed E-state index contributed by atoms with van der Waals surface area (Å²) < 4.78 is 5.28. The number of hydrogen-bond donors (Lipinski definition) is 2. The summed E-state index contributed by atoms with van der Waals surface area (Å²) in [5.74, 6) is 0. The van der Waals surface area contributed by atoms with Crippen molar-refractivity contribution in [2.45, 2.75) is 19.3 Å². The number of aliphatic hydroxyl groups is 1. The van der Waals surface area contributed by atoms with Gasteiger partial charge in [0.2, 0.25) is 0 Å². The molecule has 0 aliphatic heterocycles. The van der Waals surface area contributed by atoms with E-state index in [1.54, 1.807) is 0 Å². The van der Waals surface area contributed by atoms with Gasteiger partial charge in [0.25, 0.3) is 0 Å². The van der Waals surface area contributed by atoms with Gasteiger partial charge in [0.15, 0.2) is 0 Å². The Labute approximate surface area is 68.8 Å². The lowest BCUT2D eigenvalue weighted by Crippen LogP contribution is -2.14.